The highest BCUT2D eigenvalue weighted by Crippen LogP contribution is 2.43. The van der Waals surface area contributed by atoms with E-state index >= 15 is 0 Å². The Morgan fingerprint density at radius 3 is 1.83 bits per heavy atom. The van der Waals surface area contributed by atoms with E-state index in [1.165, 1.54) is 76.0 Å². The molecular formula is C44H75O14P. The normalized spacial score (nSPS) is 16.7. The monoisotopic (exact) mass is 858 g/mol. The molecule has 0 aliphatic carbocycles. The van der Waals surface area contributed by atoms with Crippen LogP contribution in [0.1, 0.15) is 129 Å². The van der Waals surface area contributed by atoms with Crippen LogP contribution in [0, 0.1) is 0 Å². The average Bonchev–Trinajstić information content (AvgIpc) is 3.20. The number of ether oxygens (including phenoxy) is 2. The molecule has 59 heavy (non-hydrogen) atoms. The Labute approximate surface area is 352 Å². The molecule has 0 fully saturated rings. The van der Waals surface area contributed by atoms with Crippen molar-refractivity contribution in [3.63, 3.8) is 0 Å². The van der Waals surface area contributed by atoms with E-state index in [0.29, 0.717) is 19.3 Å². The number of esters is 2. The van der Waals surface area contributed by atoms with Gasteiger partial charge in [-0.1, -0.05) is 157 Å². The molecule has 0 amide bonds. The fourth-order valence-electron chi connectivity index (χ4n) is 5.29. The highest BCUT2D eigenvalue weighted by Gasteiger charge is 2.27. The SMILES string of the molecule is CCCCCCCCCCCCCCCC(=O)OCC(COP(=O)(O)OCC(O)CO)OC(=O)CCC(O)/C=C/C(O)/C=C/C=C/C=C\C(O)C/C=C/C/C=C\C(C)O. The molecule has 0 saturated heterocycles. The third-order valence-corrected chi connectivity index (χ3v) is 9.61. The van der Waals surface area contributed by atoms with Crippen molar-refractivity contribution < 1.29 is 68.2 Å². The Kier molecular flexibility index (Phi) is 36.4. The lowest BCUT2D eigenvalue weighted by atomic mass is 10.0. The van der Waals surface area contributed by atoms with Crippen molar-refractivity contribution >= 4 is 19.8 Å². The fourth-order valence-corrected chi connectivity index (χ4v) is 6.07. The third-order valence-electron chi connectivity index (χ3n) is 8.66. The van der Waals surface area contributed by atoms with Crippen molar-refractivity contribution in [1.82, 2.24) is 0 Å². The van der Waals surface area contributed by atoms with Crippen LogP contribution < -0.4 is 0 Å². The summed E-state index contributed by atoms with van der Waals surface area (Å²) in [4.78, 5) is 35.0. The minimum absolute atomic E-state index is 0.0837. The van der Waals surface area contributed by atoms with Crippen LogP contribution >= 0.6 is 7.82 Å². The van der Waals surface area contributed by atoms with E-state index in [1.54, 1.807) is 43.4 Å². The Morgan fingerprint density at radius 2 is 1.22 bits per heavy atom. The quantitative estimate of drug-likeness (QED) is 0.0112. The van der Waals surface area contributed by atoms with E-state index in [2.05, 4.69) is 11.4 Å². The first-order chi connectivity index (χ1) is 28.3. The van der Waals surface area contributed by atoms with E-state index < -0.39 is 82.8 Å². The van der Waals surface area contributed by atoms with Gasteiger partial charge >= 0.3 is 19.8 Å². The zero-order valence-corrected chi connectivity index (χ0v) is 36.3. The molecule has 0 rings (SSSR count). The Hall–Kier alpha value is -2.75. The van der Waals surface area contributed by atoms with Gasteiger partial charge in [-0.2, -0.15) is 0 Å². The van der Waals surface area contributed by atoms with Crippen LogP contribution in [0.25, 0.3) is 0 Å². The molecule has 15 heteroatoms. The van der Waals surface area contributed by atoms with E-state index in [4.69, 9.17) is 19.1 Å². The first kappa shape index (κ1) is 56.2. The predicted molar refractivity (Wildman–Crippen MR) is 229 cm³/mol. The number of aliphatic hydroxyl groups is 6. The second-order valence-corrected chi connectivity index (χ2v) is 16.0. The van der Waals surface area contributed by atoms with Gasteiger partial charge in [0, 0.05) is 12.8 Å². The van der Waals surface area contributed by atoms with Crippen molar-refractivity contribution in [1.29, 1.82) is 0 Å². The highest BCUT2D eigenvalue weighted by atomic mass is 31.2. The van der Waals surface area contributed by atoms with E-state index in [0.717, 1.165) is 19.3 Å². The first-order valence-corrected chi connectivity index (χ1v) is 22.8. The van der Waals surface area contributed by atoms with Gasteiger partial charge < -0.3 is 45.0 Å². The summed E-state index contributed by atoms with van der Waals surface area (Å²) in [6.07, 6.45) is 29.6. The number of phosphoric ester groups is 1. The number of hydrogen-bond acceptors (Lipinski definition) is 13. The Balaban J connectivity index is 4.74. The second-order valence-electron chi connectivity index (χ2n) is 14.5. The lowest BCUT2D eigenvalue weighted by Gasteiger charge is -2.20. The minimum Gasteiger partial charge on any atom is -0.462 e. The second kappa shape index (κ2) is 38.2. The van der Waals surface area contributed by atoms with Gasteiger partial charge in [0.2, 0.25) is 0 Å². The number of rotatable bonds is 38. The summed E-state index contributed by atoms with van der Waals surface area (Å²) in [5, 5.41) is 58.0. The summed E-state index contributed by atoms with van der Waals surface area (Å²) in [6.45, 7) is 1.34. The molecule has 7 atom stereocenters. The first-order valence-electron chi connectivity index (χ1n) is 21.3. The molecule has 0 aromatic rings. The number of unbranched alkanes of at least 4 members (excludes halogenated alkanes) is 12. The smallest absolute Gasteiger partial charge is 0.462 e. The van der Waals surface area contributed by atoms with Crippen LogP contribution in [0.4, 0.5) is 0 Å². The fraction of sp³-hybridized carbons (Fsp3) is 0.682. The van der Waals surface area contributed by atoms with Crippen LogP contribution in [0.3, 0.4) is 0 Å². The maximum Gasteiger partial charge on any atom is 0.472 e. The Bertz CT molecular complexity index is 1280. The molecule has 0 radical (unpaired) electrons. The van der Waals surface area contributed by atoms with Crippen molar-refractivity contribution in [2.24, 2.45) is 0 Å². The number of allylic oxidation sites excluding steroid dienone is 6. The molecule has 0 aromatic carbocycles. The van der Waals surface area contributed by atoms with E-state index in [9.17, 15) is 44.6 Å². The molecule has 0 aliphatic heterocycles. The van der Waals surface area contributed by atoms with Gasteiger partial charge in [-0.3, -0.25) is 18.6 Å². The zero-order valence-electron chi connectivity index (χ0n) is 35.4. The number of aliphatic hydroxyl groups excluding tert-OH is 6. The predicted octanol–water partition coefficient (Wildman–Crippen LogP) is 6.77. The number of hydrogen-bond donors (Lipinski definition) is 7. The van der Waals surface area contributed by atoms with Crippen LogP contribution in [-0.2, 0) is 32.7 Å². The van der Waals surface area contributed by atoms with Gasteiger partial charge in [-0.15, -0.1) is 0 Å². The van der Waals surface area contributed by atoms with Crippen LogP contribution in [0.5, 0.6) is 0 Å². The number of phosphoric acid groups is 1. The zero-order chi connectivity index (χ0) is 44.0. The highest BCUT2D eigenvalue weighted by molar-refractivity contribution is 7.47. The standard InChI is InChI=1S/C44H75O14P/c1-3-4-5-6-7-8-9-10-11-12-13-14-23-28-43(51)55-35-42(36-57-59(53,54)56-34-41(50)33-45)58-44(52)32-31-40(49)30-29-39(48)27-22-18-17-21-26-38(47)25-20-16-15-19-24-37(2)46/h16-22,24,26-27,29-30,37-42,45-50H,3-15,23,25,28,31-36H2,1-2H3,(H,53,54)/b18-17+,20-16+,24-19-,26-21-,27-22+,30-29+. The molecule has 0 heterocycles. The molecule has 0 spiro atoms. The molecule has 0 aromatic heterocycles. The summed E-state index contributed by atoms with van der Waals surface area (Å²) < 4.78 is 32.4. The molecular weight excluding hydrogens is 783 g/mol. The maximum absolute atomic E-state index is 12.6. The van der Waals surface area contributed by atoms with E-state index in [-0.39, 0.29) is 19.3 Å². The molecule has 0 bridgehead atoms. The van der Waals surface area contributed by atoms with Gasteiger partial charge in [-0.05, 0) is 32.6 Å². The summed E-state index contributed by atoms with van der Waals surface area (Å²) in [5.74, 6) is -1.34. The molecule has 7 unspecified atom stereocenters. The molecule has 7 N–H and O–H groups in total. The number of carbonyl (C=O) groups excluding carboxylic acids is 2. The van der Waals surface area contributed by atoms with Crippen LogP contribution in [-0.4, -0.2) is 111 Å². The van der Waals surface area contributed by atoms with Crippen LogP contribution in [0.2, 0.25) is 0 Å². The third kappa shape index (κ3) is 39.2. The van der Waals surface area contributed by atoms with Gasteiger partial charge in [-0.25, -0.2) is 4.57 Å². The Morgan fingerprint density at radius 1 is 0.627 bits per heavy atom. The van der Waals surface area contributed by atoms with Crippen molar-refractivity contribution in [3.05, 3.63) is 72.9 Å². The average molecular weight is 859 g/mol. The molecule has 0 saturated carbocycles. The lowest BCUT2D eigenvalue weighted by Crippen LogP contribution is -2.30. The summed E-state index contributed by atoms with van der Waals surface area (Å²) in [7, 11) is -4.73. The van der Waals surface area contributed by atoms with Gasteiger partial charge in [0.05, 0.1) is 44.2 Å². The summed E-state index contributed by atoms with van der Waals surface area (Å²) in [6, 6.07) is 0. The van der Waals surface area contributed by atoms with E-state index in [1.807, 2.05) is 18.2 Å². The van der Waals surface area contributed by atoms with Crippen molar-refractivity contribution in [2.45, 2.75) is 166 Å². The molecule has 340 valence electrons. The maximum atomic E-state index is 12.6. The number of carbonyl (C=O) groups is 2. The summed E-state index contributed by atoms with van der Waals surface area (Å²) >= 11 is 0. The minimum atomic E-state index is -4.73. The van der Waals surface area contributed by atoms with Gasteiger partial charge in [0.15, 0.2) is 6.10 Å². The van der Waals surface area contributed by atoms with Crippen molar-refractivity contribution in [3.8, 4) is 0 Å². The largest absolute Gasteiger partial charge is 0.472 e. The molecule has 0 aliphatic rings. The van der Waals surface area contributed by atoms with Crippen molar-refractivity contribution in [2.75, 3.05) is 26.4 Å². The summed E-state index contributed by atoms with van der Waals surface area (Å²) in [5.41, 5.74) is 0. The van der Waals surface area contributed by atoms with Crippen LogP contribution in [0.15, 0.2) is 72.9 Å². The van der Waals surface area contributed by atoms with Gasteiger partial charge in [0.1, 0.15) is 12.7 Å². The van der Waals surface area contributed by atoms with Gasteiger partial charge in [0.25, 0.3) is 0 Å². The lowest BCUT2D eigenvalue weighted by molar-refractivity contribution is -0.161. The topological polar surface area (TPSA) is 230 Å². The molecule has 14 nitrogen and oxygen atoms in total.